The molecule has 0 unspecified atom stereocenters. The number of hydrazone groups is 1. The molecule has 8 heteroatoms. The van der Waals surface area contributed by atoms with E-state index in [0.717, 1.165) is 10.8 Å². The number of hydrogen-bond acceptors (Lipinski definition) is 6. The molecule has 4 aromatic rings. The van der Waals surface area contributed by atoms with Gasteiger partial charge >= 0.3 is 10.1 Å². The van der Waals surface area contributed by atoms with E-state index in [4.69, 9.17) is 8.92 Å². The minimum Gasteiger partial charge on any atom is -0.493 e. The third-order valence-electron chi connectivity index (χ3n) is 4.81. The fraction of sp³-hybridized carbons (Fsp3) is 0.0400. The molecule has 0 bridgehead atoms. The summed E-state index contributed by atoms with van der Waals surface area (Å²) in [4.78, 5) is 12.4. The Balaban J connectivity index is 1.46. The molecule has 0 heterocycles. The van der Waals surface area contributed by atoms with Crippen molar-refractivity contribution < 1.29 is 22.1 Å². The van der Waals surface area contributed by atoms with E-state index in [9.17, 15) is 13.2 Å². The van der Waals surface area contributed by atoms with E-state index in [-0.39, 0.29) is 22.3 Å². The molecule has 0 fully saturated rings. The molecule has 4 aromatic carbocycles. The molecule has 1 amide bonds. The number of nitrogens with zero attached hydrogens (tertiary/aromatic N) is 1. The number of carbonyl (C=O) groups excluding carboxylic acids is 1. The van der Waals surface area contributed by atoms with Gasteiger partial charge in [-0.05, 0) is 58.8 Å². The fourth-order valence-electron chi connectivity index (χ4n) is 3.15. The number of hydrogen-bond donors (Lipinski definition) is 1. The lowest BCUT2D eigenvalue weighted by Crippen LogP contribution is -2.17. The Bertz CT molecular complexity index is 1430. The molecule has 7 nitrogen and oxygen atoms in total. The van der Waals surface area contributed by atoms with E-state index in [1.54, 1.807) is 42.5 Å². The zero-order chi connectivity index (χ0) is 23.3. The highest BCUT2D eigenvalue weighted by Gasteiger charge is 2.18. The predicted octanol–water partition coefficient (Wildman–Crippen LogP) is 4.38. The van der Waals surface area contributed by atoms with E-state index in [1.807, 2.05) is 30.3 Å². The van der Waals surface area contributed by atoms with Crippen LogP contribution in [-0.2, 0) is 10.1 Å². The smallest absolute Gasteiger partial charge is 0.339 e. The second kappa shape index (κ2) is 9.54. The van der Waals surface area contributed by atoms with Gasteiger partial charge in [0, 0.05) is 5.56 Å². The summed E-state index contributed by atoms with van der Waals surface area (Å²) in [6.07, 6.45) is 1.43. The van der Waals surface area contributed by atoms with Gasteiger partial charge in [-0.2, -0.15) is 13.5 Å². The number of carbonyl (C=O) groups is 1. The van der Waals surface area contributed by atoms with Crippen molar-refractivity contribution in [3.05, 3.63) is 102 Å². The van der Waals surface area contributed by atoms with Crippen molar-refractivity contribution in [2.75, 3.05) is 7.11 Å². The SMILES string of the molecule is COc1cc(/C=N\NC(=O)c2ccc3ccccc3c2)ccc1OS(=O)(=O)c1ccccc1. The lowest BCUT2D eigenvalue weighted by Gasteiger charge is -2.11. The van der Waals surface area contributed by atoms with Crippen LogP contribution >= 0.6 is 0 Å². The maximum atomic E-state index is 12.5. The summed E-state index contributed by atoms with van der Waals surface area (Å²) in [6, 6.07) is 25.6. The fourth-order valence-corrected chi connectivity index (χ4v) is 4.11. The Labute approximate surface area is 191 Å². The molecule has 0 spiro atoms. The van der Waals surface area contributed by atoms with Gasteiger partial charge in [0.1, 0.15) is 4.90 Å². The zero-order valence-electron chi connectivity index (χ0n) is 17.6. The van der Waals surface area contributed by atoms with Gasteiger partial charge in [0.2, 0.25) is 0 Å². The van der Waals surface area contributed by atoms with Crippen molar-refractivity contribution in [3.8, 4) is 11.5 Å². The Hall–Kier alpha value is -4.17. The van der Waals surface area contributed by atoms with Crippen molar-refractivity contribution in [1.29, 1.82) is 0 Å². The first kappa shape index (κ1) is 22.0. The van der Waals surface area contributed by atoms with Crippen LogP contribution in [0, 0.1) is 0 Å². The molecule has 0 saturated heterocycles. The molecule has 0 aromatic heterocycles. The van der Waals surface area contributed by atoms with Gasteiger partial charge in [0.05, 0.1) is 13.3 Å². The molecule has 0 radical (unpaired) electrons. The first-order valence-electron chi connectivity index (χ1n) is 9.96. The molecule has 33 heavy (non-hydrogen) atoms. The maximum absolute atomic E-state index is 12.5. The van der Waals surface area contributed by atoms with Gasteiger partial charge in [-0.3, -0.25) is 4.79 Å². The Morgan fingerprint density at radius 3 is 2.33 bits per heavy atom. The summed E-state index contributed by atoms with van der Waals surface area (Å²) in [7, 11) is -2.60. The van der Waals surface area contributed by atoms with E-state index >= 15 is 0 Å². The number of methoxy groups -OCH3 is 1. The number of fused-ring (bicyclic) bond motifs is 1. The van der Waals surface area contributed by atoms with Crippen LogP contribution in [0.4, 0.5) is 0 Å². The Morgan fingerprint density at radius 1 is 0.848 bits per heavy atom. The number of benzene rings is 4. The van der Waals surface area contributed by atoms with E-state index in [2.05, 4.69) is 10.5 Å². The van der Waals surface area contributed by atoms with Crippen LogP contribution in [0.2, 0.25) is 0 Å². The van der Waals surface area contributed by atoms with Crippen LogP contribution in [0.1, 0.15) is 15.9 Å². The molecule has 0 saturated carbocycles. The zero-order valence-corrected chi connectivity index (χ0v) is 18.5. The van der Waals surface area contributed by atoms with Crippen molar-refractivity contribution in [2.24, 2.45) is 5.10 Å². The van der Waals surface area contributed by atoms with Gasteiger partial charge < -0.3 is 8.92 Å². The largest absolute Gasteiger partial charge is 0.493 e. The molecule has 1 N–H and O–H groups in total. The van der Waals surface area contributed by atoms with Crippen molar-refractivity contribution in [2.45, 2.75) is 4.90 Å². The highest BCUT2D eigenvalue weighted by atomic mass is 32.2. The maximum Gasteiger partial charge on any atom is 0.339 e. The summed E-state index contributed by atoms with van der Waals surface area (Å²) in [6.45, 7) is 0. The quantitative estimate of drug-likeness (QED) is 0.251. The van der Waals surface area contributed by atoms with Crippen LogP contribution in [0.3, 0.4) is 0 Å². The van der Waals surface area contributed by atoms with E-state index in [0.29, 0.717) is 11.1 Å². The normalized spacial score (nSPS) is 11.4. The third-order valence-corrected chi connectivity index (χ3v) is 6.06. The minimum absolute atomic E-state index is 0.0362. The third kappa shape index (κ3) is 5.19. The standard InChI is InChI=1S/C25H20N2O5S/c1-31-24-15-18(11-14-23(24)32-33(29,30)22-9-3-2-4-10-22)17-26-27-25(28)21-13-12-19-7-5-6-8-20(19)16-21/h2-17H,1H3,(H,27,28)/b26-17-. The summed E-state index contributed by atoms with van der Waals surface area (Å²) in [5.41, 5.74) is 3.55. The second-order valence-electron chi connectivity index (χ2n) is 7.02. The van der Waals surface area contributed by atoms with Gasteiger partial charge in [-0.1, -0.05) is 48.5 Å². The molecule has 0 aliphatic carbocycles. The molecule has 0 aliphatic heterocycles. The van der Waals surface area contributed by atoms with Crippen molar-refractivity contribution in [3.63, 3.8) is 0 Å². The minimum atomic E-state index is -4.00. The van der Waals surface area contributed by atoms with Crippen molar-refractivity contribution >= 4 is 33.0 Å². The summed E-state index contributed by atoms with van der Waals surface area (Å²) >= 11 is 0. The molecule has 0 aliphatic rings. The average molecular weight is 461 g/mol. The van der Waals surface area contributed by atoms with Gasteiger partial charge in [-0.15, -0.1) is 0 Å². The average Bonchev–Trinajstić information content (AvgIpc) is 2.84. The lowest BCUT2D eigenvalue weighted by molar-refractivity contribution is 0.0955. The molecule has 4 rings (SSSR count). The summed E-state index contributed by atoms with van der Waals surface area (Å²) in [5.74, 6) is -0.101. The van der Waals surface area contributed by atoms with Crippen LogP contribution in [0.25, 0.3) is 10.8 Å². The highest BCUT2D eigenvalue weighted by Crippen LogP contribution is 2.30. The first-order valence-corrected chi connectivity index (χ1v) is 11.4. The monoisotopic (exact) mass is 460 g/mol. The van der Waals surface area contributed by atoms with Crippen LogP contribution < -0.4 is 14.3 Å². The van der Waals surface area contributed by atoms with Crippen LogP contribution in [0.5, 0.6) is 11.5 Å². The van der Waals surface area contributed by atoms with Crippen LogP contribution in [-0.4, -0.2) is 27.6 Å². The van der Waals surface area contributed by atoms with Gasteiger partial charge in [0.25, 0.3) is 5.91 Å². The Kier molecular flexibility index (Phi) is 6.37. The summed E-state index contributed by atoms with van der Waals surface area (Å²) in [5, 5.41) is 5.99. The molecular formula is C25H20N2O5S. The van der Waals surface area contributed by atoms with Gasteiger partial charge in [0.15, 0.2) is 11.5 Å². The first-order chi connectivity index (χ1) is 16.0. The van der Waals surface area contributed by atoms with E-state index < -0.39 is 10.1 Å². The van der Waals surface area contributed by atoms with Crippen LogP contribution in [0.15, 0.2) is 101 Å². The topological polar surface area (TPSA) is 94.1 Å². The molecular weight excluding hydrogens is 440 g/mol. The molecule has 0 atom stereocenters. The molecule has 166 valence electrons. The lowest BCUT2D eigenvalue weighted by atomic mass is 10.1. The highest BCUT2D eigenvalue weighted by molar-refractivity contribution is 7.87. The van der Waals surface area contributed by atoms with E-state index in [1.165, 1.54) is 31.5 Å². The number of amides is 1. The predicted molar refractivity (Wildman–Crippen MR) is 126 cm³/mol. The number of rotatable bonds is 7. The number of nitrogens with one attached hydrogen (secondary N) is 1. The second-order valence-corrected chi connectivity index (χ2v) is 8.57. The summed E-state index contributed by atoms with van der Waals surface area (Å²) < 4.78 is 35.4. The Morgan fingerprint density at radius 2 is 1.58 bits per heavy atom. The number of ether oxygens (including phenoxy) is 1. The van der Waals surface area contributed by atoms with Crippen molar-refractivity contribution in [1.82, 2.24) is 5.43 Å². The van der Waals surface area contributed by atoms with Gasteiger partial charge in [-0.25, -0.2) is 5.43 Å².